The Bertz CT molecular complexity index is 1030. The lowest BCUT2D eigenvalue weighted by molar-refractivity contribution is -0.150. The van der Waals surface area contributed by atoms with Crippen LogP contribution in [0.2, 0.25) is 10.0 Å². The van der Waals surface area contributed by atoms with Crippen molar-refractivity contribution in [1.29, 1.82) is 5.26 Å². The summed E-state index contributed by atoms with van der Waals surface area (Å²) in [5, 5.41) is 13.2. The number of ether oxygens (including phenoxy) is 3. The van der Waals surface area contributed by atoms with Gasteiger partial charge in [0.05, 0.1) is 59.4 Å². The number of nitriles is 1. The van der Waals surface area contributed by atoms with Crippen molar-refractivity contribution < 1.29 is 28.6 Å². The first kappa shape index (κ1) is 26.2. The van der Waals surface area contributed by atoms with E-state index < -0.39 is 23.7 Å². The van der Waals surface area contributed by atoms with E-state index in [9.17, 15) is 19.6 Å². The third-order valence-electron chi connectivity index (χ3n) is 5.36. The summed E-state index contributed by atoms with van der Waals surface area (Å²) in [6.45, 7) is 3.98. The van der Waals surface area contributed by atoms with Crippen LogP contribution in [-0.4, -0.2) is 68.5 Å². The number of rotatable bonds is 7. The number of nitrogens with one attached hydrogen (secondary N) is 1. The first-order valence-corrected chi connectivity index (χ1v) is 12.2. The molecule has 2 atom stereocenters. The van der Waals surface area contributed by atoms with Gasteiger partial charge in [-0.05, 0) is 24.6 Å². The smallest absolute Gasteiger partial charge is 0.319 e. The molecule has 0 spiro atoms. The fourth-order valence-corrected chi connectivity index (χ4v) is 5.32. The predicted molar refractivity (Wildman–Crippen MR) is 127 cm³/mol. The van der Waals surface area contributed by atoms with Crippen LogP contribution < -0.4 is 10.1 Å². The average Bonchev–Trinajstić information content (AvgIpc) is 2.84. The minimum Gasteiger partial charge on any atom is -0.491 e. The summed E-state index contributed by atoms with van der Waals surface area (Å²) in [5.41, 5.74) is 0.476. The number of halogens is 2. The molecule has 1 aromatic rings. The first-order valence-electron chi connectivity index (χ1n) is 10.4. The van der Waals surface area contributed by atoms with E-state index in [4.69, 9.17) is 37.4 Å². The Morgan fingerprint density at radius 1 is 1.29 bits per heavy atom. The van der Waals surface area contributed by atoms with Crippen LogP contribution in [0.4, 0.5) is 0 Å². The highest BCUT2D eigenvalue weighted by Crippen LogP contribution is 2.44. The van der Waals surface area contributed by atoms with E-state index in [1.165, 1.54) is 12.1 Å². The molecule has 0 bridgehead atoms. The maximum absolute atomic E-state index is 13.0. The number of esters is 1. The van der Waals surface area contributed by atoms with Gasteiger partial charge in [-0.1, -0.05) is 35.0 Å². The summed E-state index contributed by atoms with van der Waals surface area (Å²) in [7, 11) is 1.16. The van der Waals surface area contributed by atoms with Gasteiger partial charge < -0.3 is 24.4 Å². The fourth-order valence-electron chi connectivity index (χ4n) is 3.76. The molecule has 3 rings (SSSR count). The molecule has 2 heterocycles. The first-order chi connectivity index (χ1) is 16.3. The Kier molecular flexibility index (Phi) is 9.08. The number of amides is 2. The lowest BCUT2D eigenvalue weighted by Gasteiger charge is -2.31. The van der Waals surface area contributed by atoms with E-state index in [2.05, 4.69) is 11.4 Å². The fraction of sp³-hybridized carbons (Fsp3) is 0.455. The minimum absolute atomic E-state index is 0.00118. The van der Waals surface area contributed by atoms with Crippen LogP contribution in [-0.2, 0) is 23.9 Å². The predicted octanol–water partition coefficient (Wildman–Crippen LogP) is 2.72. The molecular formula is C22H23Cl2N3O6S. The van der Waals surface area contributed by atoms with E-state index in [0.717, 1.165) is 18.9 Å². The molecule has 0 aliphatic carbocycles. The Morgan fingerprint density at radius 2 is 1.94 bits per heavy atom. The van der Waals surface area contributed by atoms with Crippen LogP contribution in [0.1, 0.15) is 18.4 Å². The third-order valence-corrected chi connectivity index (χ3v) is 6.92. The summed E-state index contributed by atoms with van der Waals surface area (Å²) >= 11 is 13.7. The molecule has 12 heteroatoms. The highest BCUT2D eigenvalue weighted by molar-refractivity contribution is 8.03. The number of thioether (sulfide) groups is 1. The molecule has 2 aliphatic heterocycles. The van der Waals surface area contributed by atoms with Crippen LogP contribution in [0, 0.1) is 17.2 Å². The van der Waals surface area contributed by atoms with Gasteiger partial charge in [-0.25, -0.2) is 0 Å². The lowest BCUT2D eigenvalue weighted by atomic mass is 9.78. The van der Waals surface area contributed by atoms with Crippen molar-refractivity contribution in [2.24, 2.45) is 5.92 Å². The van der Waals surface area contributed by atoms with Gasteiger partial charge in [-0.15, -0.1) is 0 Å². The molecule has 1 fully saturated rings. The number of morpholine rings is 1. The molecule has 2 amide bonds. The highest BCUT2D eigenvalue weighted by Gasteiger charge is 2.45. The van der Waals surface area contributed by atoms with Gasteiger partial charge in [0, 0.05) is 19.0 Å². The Balaban J connectivity index is 2.00. The van der Waals surface area contributed by atoms with Crippen LogP contribution in [0.3, 0.4) is 0 Å². The molecule has 9 nitrogen and oxygen atoms in total. The van der Waals surface area contributed by atoms with Crippen LogP contribution >= 0.6 is 35.0 Å². The van der Waals surface area contributed by atoms with Gasteiger partial charge in [0.15, 0.2) is 5.75 Å². The number of hydrogen-bond donors (Lipinski definition) is 1. The molecule has 0 unspecified atom stereocenters. The largest absolute Gasteiger partial charge is 0.491 e. The van der Waals surface area contributed by atoms with E-state index in [1.807, 2.05) is 0 Å². The lowest BCUT2D eigenvalue weighted by Crippen LogP contribution is -2.45. The summed E-state index contributed by atoms with van der Waals surface area (Å²) in [6.07, 6.45) is 0. The zero-order valence-electron chi connectivity index (χ0n) is 18.6. The average molecular weight is 528 g/mol. The summed E-state index contributed by atoms with van der Waals surface area (Å²) < 4.78 is 15.6. The van der Waals surface area contributed by atoms with Crippen molar-refractivity contribution >= 4 is 52.7 Å². The normalized spacial score (nSPS) is 20.4. The summed E-state index contributed by atoms with van der Waals surface area (Å²) in [5.74, 6) is -3.71. The van der Waals surface area contributed by atoms with Crippen molar-refractivity contribution in [3.63, 3.8) is 0 Å². The van der Waals surface area contributed by atoms with Gasteiger partial charge in [-0.3, -0.25) is 14.4 Å². The summed E-state index contributed by atoms with van der Waals surface area (Å²) in [4.78, 5) is 39.8. The van der Waals surface area contributed by atoms with Crippen LogP contribution in [0.25, 0.3) is 0 Å². The minimum atomic E-state index is -1.34. The number of methoxy groups -OCH3 is 1. The van der Waals surface area contributed by atoms with E-state index in [1.54, 1.807) is 11.8 Å². The second-order valence-corrected chi connectivity index (χ2v) is 9.15. The van der Waals surface area contributed by atoms with E-state index in [0.29, 0.717) is 38.5 Å². The highest BCUT2D eigenvalue weighted by atomic mass is 35.5. The number of allylic oxidation sites excluding steroid dienone is 1. The SMILES string of the molecule is CCOc1c(Cl)cc([C@@H]2C(C#N)=C(SCC(=O)N3CCOCC3)NC(=O)[C@@H]2C(=O)OC)cc1Cl. The summed E-state index contributed by atoms with van der Waals surface area (Å²) in [6, 6.07) is 5.11. The maximum Gasteiger partial charge on any atom is 0.319 e. The van der Waals surface area contributed by atoms with Crippen LogP contribution in [0.5, 0.6) is 5.75 Å². The third kappa shape index (κ3) is 5.61. The molecule has 2 aliphatic rings. The monoisotopic (exact) mass is 527 g/mol. The Morgan fingerprint density at radius 3 is 2.50 bits per heavy atom. The van der Waals surface area contributed by atoms with Gasteiger partial charge in [0.2, 0.25) is 11.8 Å². The zero-order valence-corrected chi connectivity index (χ0v) is 20.9. The topological polar surface area (TPSA) is 118 Å². The molecule has 34 heavy (non-hydrogen) atoms. The molecule has 1 saturated heterocycles. The number of nitrogens with zero attached hydrogens (tertiary/aromatic N) is 2. The molecule has 182 valence electrons. The molecular weight excluding hydrogens is 505 g/mol. The van der Waals surface area contributed by atoms with Crippen molar-refractivity contribution in [2.75, 3.05) is 45.8 Å². The van der Waals surface area contributed by atoms with Gasteiger partial charge >= 0.3 is 5.97 Å². The van der Waals surface area contributed by atoms with E-state index in [-0.39, 0.29) is 38.1 Å². The molecule has 0 saturated carbocycles. The zero-order chi connectivity index (χ0) is 24.8. The number of hydrogen-bond acceptors (Lipinski definition) is 8. The van der Waals surface area contributed by atoms with Gasteiger partial charge in [0.1, 0.15) is 5.92 Å². The van der Waals surface area contributed by atoms with E-state index >= 15 is 0 Å². The Labute approximate surface area is 211 Å². The number of carbonyl (C=O) groups is 3. The van der Waals surface area contributed by atoms with Crippen molar-refractivity contribution in [3.8, 4) is 11.8 Å². The molecule has 1 N–H and O–H groups in total. The molecule has 1 aromatic carbocycles. The second-order valence-electron chi connectivity index (χ2n) is 7.35. The van der Waals surface area contributed by atoms with Gasteiger partial charge in [0.25, 0.3) is 0 Å². The molecule has 0 radical (unpaired) electrons. The van der Waals surface area contributed by atoms with Crippen LogP contribution in [0.15, 0.2) is 22.7 Å². The second kappa shape index (κ2) is 11.8. The maximum atomic E-state index is 13.0. The number of carbonyl (C=O) groups excluding carboxylic acids is 3. The number of benzene rings is 1. The quantitative estimate of drug-likeness (QED) is 0.424. The Hall–Kier alpha value is -2.45. The van der Waals surface area contributed by atoms with Crippen molar-refractivity contribution in [1.82, 2.24) is 10.2 Å². The van der Waals surface area contributed by atoms with Crippen molar-refractivity contribution in [3.05, 3.63) is 38.3 Å². The standard InChI is InChI=1S/C22H23Cl2N3O6S/c1-3-33-19-14(23)8-12(9-15(19)24)17-13(10-25)21(26-20(29)18(17)22(30)31-2)34-11-16(28)27-4-6-32-7-5-27/h8-9,17-18H,3-7,11H2,1-2H3,(H,26,29)/t17-,18-/m1/s1. The van der Waals surface area contributed by atoms with Crippen molar-refractivity contribution in [2.45, 2.75) is 12.8 Å². The molecule has 0 aromatic heterocycles. The van der Waals surface area contributed by atoms with Gasteiger partial charge in [-0.2, -0.15) is 5.26 Å².